The summed E-state index contributed by atoms with van der Waals surface area (Å²) in [5.41, 5.74) is 5.12. The van der Waals surface area contributed by atoms with Crippen LogP contribution < -0.4 is 0 Å². The molecule has 0 aliphatic heterocycles. The number of carboxylic acids is 1. The molecule has 0 bridgehead atoms. The summed E-state index contributed by atoms with van der Waals surface area (Å²) in [6, 6.07) is 10.2. The minimum Gasteiger partial charge on any atom is -0.478 e. The first-order chi connectivity index (χ1) is 8.58. The topological polar surface area (TPSA) is 37.3 Å². The smallest absolute Gasteiger partial charge is 0.331 e. The summed E-state index contributed by atoms with van der Waals surface area (Å²) in [7, 11) is 0. The van der Waals surface area contributed by atoms with Gasteiger partial charge in [-0.3, -0.25) is 0 Å². The molecule has 0 aromatic heterocycles. The van der Waals surface area contributed by atoms with Gasteiger partial charge in [0.2, 0.25) is 0 Å². The van der Waals surface area contributed by atoms with Crippen molar-refractivity contribution in [3.8, 4) is 0 Å². The van der Waals surface area contributed by atoms with Crippen molar-refractivity contribution in [3.05, 3.63) is 64.8 Å². The zero-order valence-electron chi connectivity index (χ0n) is 10.6. The number of aliphatic carboxylic acids is 1. The van der Waals surface area contributed by atoms with Crippen LogP contribution in [0.2, 0.25) is 0 Å². The normalized spacial score (nSPS) is 15.9. The molecule has 0 amide bonds. The second kappa shape index (κ2) is 5.05. The monoisotopic (exact) mass is 240 g/mol. The van der Waals surface area contributed by atoms with Gasteiger partial charge in [-0.2, -0.15) is 0 Å². The highest BCUT2D eigenvalue weighted by Crippen LogP contribution is 2.33. The second-order valence-corrected chi connectivity index (χ2v) is 4.59. The van der Waals surface area contributed by atoms with E-state index in [1.54, 1.807) is 13.0 Å². The summed E-state index contributed by atoms with van der Waals surface area (Å²) in [4.78, 5) is 10.8. The van der Waals surface area contributed by atoms with Gasteiger partial charge in [0.15, 0.2) is 0 Å². The number of carboxylic acid groups (broad SMARTS) is 1. The van der Waals surface area contributed by atoms with E-state index in [1.807, 2.05) is 18.2 Å². The van der Waals surface area contributed by atoms with Crippen molar-refractivity contribution in [2.75, 3.05) is 0 Å². The summed E-state index contributed by atoms with van der Waals surface area (Å²) in [5.74, 6) is -0.860. The minimum atomic E-state index is -0.860. The lowest BCUT2D eigenvalue weighted by Crippen LogP contribution is -1.96. The minimum absolute atomic E-state index is 0.378. The third kappa shape index (κ3) is 2.59. The lowest BCUT2D eigenvalue weighted by molar-refractivity contribution is -0.132. The van der Waals surface area contributed by atoms with E-state index in [1.165, 1.54) is 16.7 Å². The molecule has 0 spiro atoms. The molecule has 2 heteroatoms. The van der Waals surface area contributed by atoms with E-state index < -0.39 is 5.97 Å². The van der Waals surface area contributed by atoms with Crippen LogP contribution in [-0.2, 0) is 4.79 Å². The highest BCUT2D eigenvalue weighted by atomic mass is 16.4. The Morgan fingerprint density at radius 2 is 1.94 bits per heavy atom. The Kier molecular flexibility index (Phi) is 3.47. The van der Waals surface area contributed by atoms with E-state index in [0.29, 0.717) is 5.57 Å². The molecule has 2 rings (SSSR count). The Hall–Kier alpha value is -2.09. The third-order valence-electron chi connectivity index (χ3n) is 3.08. The van der Waals surface area contributed by atoms with Crippen LogP contribution in [0.25, 0.3) is 5.57 Å². The molecule has 0 atom stereocenters. The quantitative estimate of drug-likeness (QED) is 0.815. The van der Waals surface area contributed by atoms with Crippen LogP contribution in [0.4, 0.5) is 0 Å². The van der Waals surface area contributed by atoms with E-state index in [2.05, 4.69) is 25.1 Å². The first-order valence-corrected chi connectivity index (χ1v) is 5.95. The Morgan fingerprint density at radius 3 is 2.56 bits per heavy atom. The van der Waals surface area contributed by atoms with E-state index in [-0.39, 0.29) is 0 Å². The first-order valence-electron chi connectivity index (χ1n) is 5.95. The Labute approximate surface area is 107 Å². The molecule has 0 unspecified atom stereocenters. The number of benzene rings is 1. The predicted molar refractivity (Wildman–Crippen MR) is 73.1 cm³/mol. The summed E-state index contributed by atoms with van der Waals surface area (Å²) < 4.78 is 0. The average molecular weight is 240 g/mol. The third-order valence-corrected chi connectivity index (χ3v) is 3.08. The fourth-order valence-electron chi connectivity index (χ4n) is 2.14. The molecule has 0 saturated carbocycles. The second-order valence-electron chi connectivity index (χ2n) is 4.59. The molecule has 1 aromatic carbocycles. The van der Waals surface area contributed by atoms with E-state index >= 15 is 0 Å². The number of rotatable bonds is 3. The van der Waals surface area contributed by atoms with Crippen molar-refractivity contribution >= 4 is 11.5 Å². The van der Waals surface area contributed by atoms with Crippen LogP contribution >= 0.6 is 0 Å². The van der Waals surface area contributed by atoms with Gasteiger partial charge >= 0.3 is 5.97 Å². The van der Waals surface area contributed by atoms with Gasteiger partial charge in [0, 0.05) is 5.57 Å². The Bertz CT molecular complexity index is 560. The standard InChI is InChI=1S/C16H16O2/c1-11-8-13(9-12(2)16(17)18)10-15(11)14-6-4-3-5-7-14/h3-7,9-10H,8H2,1-2H3,(H,17,18)/b12-9+. The number of allylic oxidation sites excluding steroid dienone is 5. The van der Waals surface area contributed by atoms with Crippen LogP contribution in [0.15, 0.2) is 59.2 Å². The average Bonchev–Trinajstić information content (AvgIpc) is 2.71. The van der Waals surface area contributed by atoms with Gasteiger partial charge in [-0.1, -0.05) is 42.0 Å². The summed E-state index contributed by atoms with van der Waals surface area (Å²) in [6.45, 7) is 3.72. The van der Waals surface area contributed by atoms with Crippen LogP contribution in [0, 0.1) is 0 Å². The van der Waals surface area contributed by atoms with Crippen molar-refractivity contribution in [2.45, 2.75) is 20.3 Å². The predicted octanol–water partition coefficient (Wildman–Crippen LogP) is 3.82. The van der Waals surface area contributed by atoms with Gasteiger partial charge in [0.05, 0.1) is 0 Å². The molecular weight excluding hydrogens is 224 g/mol. The molecule has 1 N–H and O–H groups in total. The van der Waals surface area contributed by atoms with Gasteiger partial charge in [0.25, 0.3) is 0 Å². The van der Waals surface area contributed by atoms with Gasteiger partial charge in [-0.05, 0) is 43.1 Å². The van der Waals surface area contributed by atoms with Crippen molar-refractivity contribution in [1.29, 1.82) is 0 Å². The van der Waals surface area contributed by atoms with Crippen LogP contribution in [0.3, 0.4) is 0 Å². The summed E-state index contributed by atoms with van der Waals surface area (Å²) in [5, 5.41) is 8.88. The largest absolute Gasteiger partial charge is 0.478 e. The zero-order chi connectivity index (χ0) is 13.1. The van der Waals surface area contributed by atoms with Crippen molar-refractivity contribution < 1.29 is 9.90 Å². The number of hydrogen-bond acceptors (Lipinski definition) is 1. The molecule has 0 saturated heterocycles. The van der Waals surface area contributed by atoms with Crippen molar-refractivity contribution in [1.82, 2.24) is 0 Å². The molecule has 92 valence electrons. The highest BCUT2D eigenvalue weighted by molar-refractivity contribution is 5.88. The van der Waals surface area contributed by atoms with Crippen LogP contribution in [0.5, 0.6) is 0 Å². The lowest BCUT2D eigenvalue weighted by atomic mass is 10.0. The van der Waals surface area contributed by atoms with Gasteiger partial charge in [0.1, 0.15) is 0 Å². The van der Waals surface area contributed by atoms with Crippen molar-refractivity contribution in [3.63, 3.8) is 0 Å². The van der Waals surface area contributed by atoms with Crippen molar-refractivity contribution in [2.24, 2.45) is 0 Å². The fraction of sp³-hybridized carbons (Fsp3) is 0.188. The maximum atomic E-state index is 10.8. The molecule has 18 heavy (non-hydrogen) atoms. The first kappa shape index (κ1) is 12.4. The van der Waals surface area contributed by atoms with Crippen LogP contribution in [0.1, 0.15) is 25.8 Å². The van der Waals surface area contributed by atoms with Gasteiger partial charge in [-0.25, -0.2) is 4.79 Å². The zero-order valence-corrected chi connectivity index (χ0v) is 10.6. The molecule has 0 radical (unpaired) electrons. The number of hydrogen-bond donors (Lipinski definition) is 1. The maximum absolute atomic E-state index is 10.8. The maximum Gasteiger partial charge on any atom is 0.331 e. The molecule has 0 heterocycles. The molecular formula is C16H16O2. The molecule has 2 nitrogen and oxygen atoms in total. The van der Waals surface area contributed by atoms with E-state index in [9.17, 15) is 4.79 Å². The van der Waals surface area contributed by atoms with Gasteiger partial charge in [-0.15, -0.1) is 0 Å². The molecule has 1 aromatic rings. The molecule has 0 fully saturated rings. The Morgan fingerprint density at radius 1 is 1.28 bits per heavy atom. The summed E-state index contributed by atoms with van der Waals surface area (Å²) >= 11 is 0. The summed E-state index contributed by atoms with van der Waals surface area (Å²) in [6.07, 6.45) is 4.66. The lowest BCUT2D eigenvalue weighted by Gasteiger charge is -2.01. The fourth-order valence-corrected chi connectivity index (χ4v) is 2.14. The highest BCUT2D eigenvalue weighted by Gasteiger charge is 2.13. The molecule has 1 aliphatic carbocycles. The van der Waals surface area contributed by atoms with Crippen LogP contribution in [-0.4, -0.2) is 11.1 Å². The number of carbonyl (C=O) groups is 1. The van der Waals surface area contributed by atoms with E-state index in [4.69, 9.17) is 5.11 Å². The van der Waals surface area contributed by atoms with Gasteiger partial charge < -0.3 is 5.11 Å². The Balaban J connectivity index is 2.29. The van der Waals surface area contributed by atoms with E-state index in [0.717, 1.165) is 12.0 Å². The molecule has 1 aliphatic rings. The SMILES string of the molecule is CC1=C(c2ccccc2)C=C(/C=C(\C)C(=O)O)C1.